The van der Waals surface area contributed by atoms with Crippen molar-refractivity contribution in [3.05, 3.63) is 94.0 Å². The molecule has 1 atom stereocenters. The molecule has 0 spiro atoms. The molecule has 3 aromatic rings. The van der Waals surface area contributed by atoms with E-state index < -0.39 is 41.5 Å². The van der Waals surface area contributed by atoms with Crippen LogP contribution in [-0.4, -0.2) is 28.3 Å². The van der Waals surface area contributed by atoms with Crippen LogP contribution in [0.15, 0.2) is 54.6 Å². The summed E-state index contributed by atoms with van der Waals surface area (Å²) in [5.74, 6) is -3.33. The lowest BCUT2D eigenvalue weighted by atomic mass is 9.95. The summed E-state index contributed by atoms with van der Waals surface area (Å²) in [6.45, 7) is 2.11. The molecule has 0 radical (unpaired) electrons. The van der Waals surface area contributed by atoms with Gasteiger partial charge in [-0.05, 0) is 59.9 Å². The number of halogens is 5. The van der Waals surface area contributed by atoms with E-state index in [4.69, 9.17) is 0 Å². The summed E-state index contributed by atoms with van der Waals surface area (Å²) in [7, 11) is 0. The van der Waals surface area contributed by atoms with Crippen molar-refractivity contribution in [3.63, 3.8) is 0 Å². The van der Waals surface area contributed by atoms with Gasteiger partial charge in [0.15, 0.2) is 11.6 Å². The smallest absolute Gasteiger partial charge is 0.416 e. The van der Waals surface area contributed by atoms with Crippen LogP contribution in [0.2, 0.25) is 0 Å². The highest BCUT2D eigenvalue weighted by atomic mass is 19.4. The summed E-state index contributed by atoms with van der Waals surface area (Å²) in [6, 6.07) is 12.0. The molecule has 3 rings (SSSR count). The first-order chi connectivity index (χ1) is 16.9. The molecule has 0 saturated carbocycles. The summed E-state index contributed by atoms with van der Waals surface area (Å²) in [5, 5.41) is 21.3. The Bertz CT molecular complexity index is 1300. The maximum absolute atomic E-state index is 14.3. The molecular formula is C27H24F5NO3. The number of aliphatic hydroxyl groups excluding tert-OH is 1. The van der Waals surface area contributed by atoms with E-state index in [1.54, 1.807) is 25.1 Å². The molecular weight excluding hydrogens is 481 g/mol. The normalized spacial score (nSPS) is 13.7. The van der Waals surface area contributed by atoms with Crippen LogP contribution in [0.3, 0.4) is 0 Å². The standard InChI is InChI=1S/C27H24F5NO3/c1-16-18(5-3-6-20(16)21-7-4-8-23(28)24(21)29)10-11-19-13-17(9-12-22(19)27(30,31)32)14-33-26(2,15-34)25(35)36/h3-13,33-34H,14-15H2,1-2H3,(H,35,36). The molecule has 0 aliphatic rings. The minimum atomic E-state index is -4.64. The van der Waals surface area contributed by atoms with Crippen LogP contribution in [0, 0.1) is 18.6 Å². The Morgan fingerprint density at radius 1 is 0.972 bits per heavy atom. The monoisotopic (exact) mass is 505 g/mol. The van der Waals surface area contributed by atoms with E-state index in [1.807, 2.05) is 0 Å². The van der Waals surface area contributed by atoms with Crippen molar-refractivity contribution >= 4 is 18.1 Å². The Hall–Kier alpha value is -3.56. The maximum Gasteiger partial charge on any atom is 0.416 e. The number of benzene rings is 3. The van der Waals surface area contributed by atoms with Crippen molar-refractivity contribution in [3.8, 4) is 11.1 Å². The number of hydrogen-bond donors (Lipinski definition) is 3. The average Bonchev–Trinajstić information content (AvgIpc) is 2.83. The molecule has 4 nitrogen and oxygen atoms in total. The topological polar surface area (TPSA) is 69.6 Å². The molecule has 3 aromatic carbocycles. The molecule has 0 aliphatic carbocycles. The molecule has 0 aliphatic heterocycles. The third kappa shape index (κ3) is 5.80. The summed E-state index contributed by atoms with van der Waals surface area (Å²) in [6.07, 6.45) is -1.93. The van der Waals surface area contributed by atoms with Gasteiger partial charge < -0.3 is 10.2 Å². The highest BCUT2D eigenvalue weighted by Crippen LogP contribution is 2.34. The molecule has 0 fully saturated rings. The Balaban J connectivity index is 1.99. The predicted molar refractivity (Wildman–Crippen MR) is 127 cm³/mol. The van der Waals surface area contributed by atoms with Gasteiger partial charge >= 0.3 is 12.1 Å². The number of carbonyl (C=O) groups is 1. The van der Waals surface area contributed by atoms with E-state index in [2.05, 4.69) is 5.32 Å². The van der Waals surface area contributed by atoms with Crippen molar-refractivity contribution < 1.29 is 37.0 Å². The predicted octanol–water partition coefficient (Wildman–Crippen LogP) is 6.05. The van der Waals surface area contributed by atoms with Gasteiger partial charge in [0, 0.05) is 12.1 Å². The van der Waals surface area contributed by atoms with E-state index in [1.165, 1.54) is 43.3 Å². The lowest BCUT2D eigenvalue weighted by Crippen LogP contribution is -2.52. The molecule has 0 aromatic heterocycles. The summed E-state index contributed by atoms with van der Waals surface area (Å²) < 4.78 is 69.0. The van der Waals surface area contributed by atoms with Crippen LogP contribution in [0.4, 0.5) is 22.0 Å². The SMILES string of the molecule is Cc1c(C=Cc2cc(CNC(C)(CO)C(=O)O)ccc2C(F)(F)F)cccc1-c1cccc(F)c1F. The molecule has 0 heterocycles. The van der Waals surface area contributed by atoms with Crippen LogP contribution in [0.25, 0.3) is 23.3 Å². The van der Waals surface area contributed by atoms with Crippen LogP contribution in [0.5, 0.6) is 0 Å². The highest BCUT2D eigenvalue weighted by Gasteiger charge is 2.34. The third-order valence-corrected chi connectivity index (χ3v) is 5.95. The zero-order chi connectivity index (χ0) is 26.7. The van der Waals surface area contributed by atoms with Gasteiger partial charge in [0.1, 0.15) is 5.54 Å². The highest BCUT2D eigenvalue weighted by molar-refractivity contribution is 5.79. The van der Waals surface area contributed by atoms with E-state index in [0.29, 0.717) is 22.3 Å². The number of aliphatic hydroxyl groups is 1. The first-order valence-electron chi connectivity index (χ1n) is 10.9. The van der Waals surface area contributed by atoms with Gasteiger partial charge in [-0.25, -0.2) is 8.78 Å². The lowest BCUT2D eigenvalue weighted by Gasteiger charge is -2.24. The molecule has 0 bridgehead atoms. The quantitative estimate of drug-likeness (QED) is 0.257. The molecule has 36 heavy (non-hydrogen) atoms. The van der Waals surface area contributed by atoms with Crippen LogP contribution in [-0.2, 0) is 17.5 Å². The molecule has 0 saturated heterocycles. The van der Waals surface area contributed by atoms with Crippen LogP contribution < -0.4 is 5.32 Å². The number of carboxylic acid groups (broad SMARTS) is 1. The first-order valence-corrected chi connectivity index (χ1v) is 10.9. The van der Waals surface area contributed by atoms with E-state index in [0.717, 1.165) is 12.1 Å². The first kappa shape index (κ1) is 27.0. The van der Waals surface area contributed by atoms with Gasteiger partial charge in [-0.3, -0.25) is 10.1 Å². The Morgan fingerprint density at radius 3 is 2.25 bits per heavy atom. The molecule has 190 valence electrons. The molecule has 0 amide bonds. The number of alkyl halides is 3. The minimum Gasteiger partial charge on any atom is -0.480 e. The average molecular weight is 505 g/mol. The Morgan fingerprint density at radius 2 is 1.61 bits per heavy atom. The summed E-state index contributed by atoms with van der Waals surface area (Å²) >= 11 is 0. The number of nitrogens with one attached hydrogen (secondary N) is 1. The molecule has 9 heteroatoms. The van der Waals surface area contributed by atoms with Gasteiger partial charge in [-0.2, -0.15) is 13.2 Å². The maximum atomic E-state index is 14.3. The van der Waals surface area contributed by atoms with Gasteiger partial charge in [0.2, 0.25) is 0 Å². The fourth-order valence-corrected chi connectivity index (χ4v) is 3.63. The zero-order valence-electron chi connectivity index (χ0n) is 19.5. The second-order valence-electron chi connectivity index (χ2n) is 8.52. The minimum absolute atomic E-state index is 0.0390. The van der Waals surface area contributed by atoms with Crippen molar-refractivity contribution in [2.24, 2.45) is 0 Å². The number of hydrogen-bond acceptors (Lipinski definition) is 3. The van der Waals surface area contributed by atoms with Crippen molar-refractivity contribution in [2.75, 3.05) is 6.61 Å². The third-order valence-electron chi connectivity index (χ3n) is 5.95. The molecule has 1 unspecified atom stereocenters. The van der Waals surface area contributed by atoms with E-state index >= 15 is 0 Å². The fraction of sp³-hybridized carbons (Fsp3) is 0.222. The van der Waals surface area contributed by atoms with Gasteiger partial charge in [-0.1, -0.05) is 48.6 Å². The number of rotatable bonds is 8. The summed E-state index contributed by atoms with van der Waals surface area (Å²) in [4.78, 5) is 11.4. The van der Waals surface area contributed by atoms with Gasteiger partial charge in [0.05, 0.1) is 12.2 Å². The van der Waals surface area contributed by atoms with Gasteiger partial charge in [0.25, 0.3) is 0 Å². The number of carboxylic acids is 1. The Kier molecular flexibility index (Phi) is 7.96. The van der Waals surface area contributed by atoms with Crippen molar-refractivity contribution in [1.82, 2.24) is 5.32 Å². The van der Waals surface area contributed by atoms with Crippen LogP contribution >= 0.6 is 0 Å². The van der Waals surface area contributed by atoms with Crippen molar-refractivity contribution in [1.29, 1.82) is 0 Å². The van der Waals surface area contributed by atoms with Gasteiger partial charge in [-0.15, -0.1) is 0 Å². The lowest BCUT2D eigenvalue weighted by molar-refractivity contribution is -0.146. The Labute approximate surface area is 204 Å². The molecule has 3 N–H and O–H groups in total. The van der Waals surface area contributed by atoms with Crippen molar-refractivity contribution in [2.45, 2.75) is 32.1 Å². The fourth-order valence-electron chi connectivity index (χ4n) is 3.63. The largest absolute Gasteiger partial charge is 0.480 e. The van der Waals surface area contributed by atoms with E-state index in [-0.39, 0.29) is 17.7 Å². The number of aliphatic carboxylic acids is 1. The second kappa shape index (κ2) is 10.6. The summed E-state index contributed by atoms with van der Waals surface area (Å²) in [5.41, 5.74) is -0.854. The second-order valence-corrected chi connectivity index (χ2v) is 8.52. The van der Waals surface area contributed by atoms with E-state index in [9.17, 15) is 37.0 Å². The zero-order valence-corrected chi connectivity index (χ0v) is 19.5. The van der Waals surface area contributed by atoms with Crippen LogP contribution in [0.1, 0.15) is 34.7 Å².